The Balaban J connectivity index is 1.73. The van der Waals surface area contributed by atoms with Gasteiger partial charge < -0.3 is 67.5 Å². The van der Waals surface area contributed by atoms with Gasteiger partial charge in [-0.05, 0) is 23.6 Å². The summed E-state index contributed by atoms with van der Waals surface area (Å²) >= 11 is 0. The molecule has 4 heterocycles. The largest absolute Gasteiger partial charge is 0.497 e. The first-order valence-corrected chi connectivity index (χ1v) is 21.5. The number of carbonyl (C=O) groups excluding carboxylic acids is 10. The van der Waals surface area contributed by atoms with E-state index in [2.05, 4.69) is 42.2 Å². The molecule has 0 saturated carbocycles. The molecule has 11 N–H and O–H groups in total. The summed E-state index contributed by atoms with van der Waals surface area (Å²) in [6, 6.07) is -4.97. The van der Waals surface area contributed by atoms with Crippen LogP contribution in [0, 0.1) is 11.8 Å². The number of hydrogen-bond donors (Lipinski definition) is 10. The molecule has 0 radical (unpaired) electrons. The number of primary amides is 1. The number of carbonyl (C=O) groups is 10. The fourth-order valence-corrected chi connectivity index (χ4v) is 8.91. The second-order valence-corrected chi connectivity index (χ2v) is 17.1. The van der Waals surface area contributed by atoms with Gasteiger partial charge in [0.1, 0.15) is 53.3 Å². The molecule has 1 aromatic carbocycles. The Bertz CT molecular complexity index is 2200. The number of aliphatic hydroxyl groups is 1. The first kappa shape index (κ1) is 47.6. The van der Waals surface area contributed by atoms with Crippen LogP contribution < -0.4 is 47.7 Å². The van der Waals surface area contributed by atoms with Crippen LogP contribution in [0.2, 0.25) is 0 Å². The van der Waals surface area contributed by atoms with Crippen LogP contribution in [0.3, 0.4) is 0 Å². The maximum absolute atomic E-state index is 14.6. The summed E-state index contributed by atoms with van der Waals surface area (Å²) < 4.78 is 20.0. The Labute approximate surface area is 362 Å². The molecule has 10 atom stereocenters. The molecule has 10 unspecified atom stereocenters. The second kappa shape index (κ2) is 20.6. The van der Waals surface area contributed by atoms with Crippen molar-refractivity contribution in [1.29, 1.82) is 0 Å². The number of aromatic amines is 1. The summed E-state index contributed by atoms with van der Waals surface area (Å²) in [7, 11) is -0.918. The molecule has 9 amide bonds. The summed E-state index contributed by atoms with van der Waals surface area (Å²) in [5, 5.41) is 28.1. The predicted molar refractivity (Wildman–Crippen MR) is 220 cm³/mol. The van der Waals surface area contributed by atoms with Crippen molar-refractivity contribution >= 4 is 81.2 Å². The molecule has 63 heavy (non-hydrogen) atoms. The van der Waals surface area contributed by atoms with Gasteiger partial charge in [0.05, 0.1) is 54.8 Å². The van der Waals surface area contributed by atoms with Crippen LogP contribution in [0.15, 0.2) is 23.2 Å². The predicted octanol–water partition coefficient (Wildman–Crippen LogP) is -4.77. The van der Waals surface area contributed by atoms with E-state index in [0.717, 1.165) is 4.90 Å². The van der Waals surface area contributed by atoms with E-state index in [1.807, 2.05) is 0 Å². The Kier molecular flexibility index (Phi) is 15.6. The molecule has 0 aliphatic carbocycles. The Morgan fingerprint density at radius 3 is 2.24 bits per heavy atom. The van der Waals surface area contributed by atoms with E-state index in [-0.39, 0.29) is 17.0 Å². The zero-order chi connectivity index (χ0) is 46.3. The minimum Gasteiger partial charge on any atom is -0.497 e. The van der Waals surface area contributed by atoms with Crippen molar-refractivity contribution in [3.8, 4) is 5.75 Å². The van der Waals surface area contributed by atoms with E-state index in [4.69, 9.17) is 10.5 Å². The van der Waals surface area contributed by atoms with E-state index in [1.54, 1.807) is 32.0 Å². The number of rotatable bonds is 7. The molecule has 2 bridgehead atoms. The van der Waals surface area contributed by atoms with E-state index < -0.39 is 156 Å². The summed E-state index contributed by atoms with van der Waals surface area (Å²) in [5.74, 6) is -11.0. The van der Waals surface area contributed by atoms with Crippen molar-refractivity contribution in [2.24, 2.45) is 17.6 Å². The van der Waals surface area contributed by atoms with E-state index in [9.17, 15) is 57.3 Å². The molecule has 1 aromatic heterocycles. The van der Waals surface area contributed by atoms with Crippen LogP contribution in [-0.2, 0) is 65.2 Å². The number of amides is 9. The van der Waals surface area contributed by atoms with Gasteiger partial charge in [-0.2, -0.15) is 0 Å². The zero-order valence-electron chi connectivity index (χ0n) is 34.9. The average molecular weight is 901 g/mol. The zero-order valence-corrected chi connectivity index (χ0v) is 35.8. The van der Waals surface area contributed by atoms with Gasteiger partial charge in [-0.25, -0.2) is 0 Å². The minimum absolute atomic E-state index is 0.0909. The molecular formula is C39H52N10O13S. The van der Waals surface area contributed by atoms with Gasteiger partial charge in [0.25, 0.3) is 0 Å². The van der Waals surface area contributed by atoms with Crippen LogP contribution >= 0.6 is 0 Å². The number of H-pyrrole nitrogens is 1. The summed E-state index contributed by atoms with van der Waals surface area (Å²) in [6.07, 6.45) is -2.22. The lowest BCUT2D eigenvalue weighted by atomic mass is 9.98. The maximum atomic E-state index is 14.6. The van der Waals surface area contributed by atoms with E-state index in [0.29, 0.717) is 29.4 Å². The lowest BCUT2D eigenvalue weighted by Gasteiger charge is -2.31. The number of hydrogen-bond acceptors (Lipinski definition) is 13. The van der Waals surface area contributed by atoms with E-state index in [1.165, 1.54) is 14.0 Å². The van der Waals surface area contributed by atoms with Crippen LogP contribution in [0.1, 0.15) is 45.6 Å². The number of ether oxygens (including phenoxy) is 1. The summed E-state index contributed by atoms with van der Waals surface area (Å²) in [4.78, 5) is 139. The highest BCUT2D eigenvalue weighted by molar-refractivity contribution is 7.85. The van der Waals surface area contributed by atoms with Crippen molar-refractivity contribution in [3.05, 3.63) is 23.8 Å². The van der Waals surface area contributed by atoms with Gasteiger partial charge in [-0.3, -0.25) is 47.4 Å². The topological polar surface area (TPSA) is 346 Å². The number of nitrogens with two attached hydrogens (primary N) is 1. The number of aldehydes is 1. The highest BCUT2D eigenvalue weighted by Crippen LogP contribution is 2.30. The third-order valence-electron chi connectivity index (χ3n) is 11.2. The number of fused-ring (bicyclic) bond motifs is 5. The molecule has 23 nitrogen and oxygen atoms in total. The Morgan fingerprint density at radius 2 is 1.59 bits per heavy atom. The van der Waals surface area contributed by atoms with Crippen molar-refractivity contribution < 1.29 is 62.0 Å². The normalized spacial score (nSPS) is 28.1. The number of nitrogens with one attached hydrogen (secondary N) is 8. The fraction of sp³-hybridized carbons (Fsp3) is 0.538. The Morgan fingerprint density at radius 1 is 0.905 bits per heavy atom. The lowest BCUT2D eigenvalue weighted by Crippen LogP contribution is -2.61. The van der Waals surface area contributed by atoms with Crippen LogP contribution in [0.5, 0.6) is 5.75 Å². The average Bonchev–Trinajstić information content (AvgIpc) is 3.82. The maximum Gasteiger partial charge on any atom is 0.246 e. The quantitative estimate of drug-likeness (QED) is 0.117. The van der Waals surface area contributed by atoms with Gasteiger partial charge in [-0.1, -0.05) is 27.2 Å². The number of methoxy groups -OCH3 is 1. The van der Waals surface area contributed by atoms with Crippen LogP contribution in [0.25, 0.3) is 10.9 Å². The molecule has 0 spiro atoms. The molecule has 1 saturated heterocycles. The number of benzene rings is 1. The molecule has 24 heteroatoms. The molecule has 5 rings (SSSR count). The molecule has 342 valence electrons. The van der Waals surface area contributed by atoms with E-state index >= 15 is 0 Å². The second-order valence-electron chi connectivity index (χ2n) is 15.7. The smallest absolute Gasteiger partial charge is 0.246 e. The first-order valence-electron chi connectivity index (χ1n) is 20.2. The van der Waals surface area contributed by atoms with Crippen molar-refractivity contribution in [2.75, 3.05) is 32.5 Å². The molecular weight excluding hydrogens is 849 g/mol. The van der Waals surface area contributed by atoms with Gasteiger partial charge >= 0.3 is 0 Å². The minimum atomic E-state index is -2.32. The van der Waals surface area contributed by atoms with Crippen molar-refractivity contribution in [2.45, 2.75) is 93.8 Å². The standard InChI is InChI=1S/C39H52N10O13S/c1-5-17(2)31-36(58)42-12-29(53)43-26-16-63(61)38-22(21-7-6-20(62-4)9-23(21)46-38)10-24(33(55)41-13-30(54)47-31)44-37(59)32(18(3)15-50)48-35(57)27-8-19(51)14-49(27)39(60)25(11-28(40)52)45-34(26)56/h6-7,9,15,17-19,24-27,31-32,46,51H,5,8,10-14,16H2,1-4H3,(H2,40,52)(H,41,55)(H,42,58)(H,43,53)(H,44,59)(H,45,56)(H,47,54)(H,48,57). The highest BCUT2D eigenvalue weighted by atomic mass is 32.2. The molecule has 2 aromatic rings. The molecule has 1 fully saturated rings. The van der Waals surface area contributed by atoms with Crippen molar-refractivity contribution in [1.82, 2.24) is 47.1 Å². The third-order valence-corrected chi connectivity index (χ3v) is 12.6. The van der Waals surface area contributed by atoms with Crippen LogP contribution in [0.4, 0.5) is 0 Å². The number of aromatic nitrogens is 1. The van der Waals surface area contributed by atoms with Gasteiger partial charge in [0.15, 0.2) is 0 Å². The third kappa shape index (κ3) is 11.3. The number of nitrogens with zero attached hydrogens (tertiary/aromatic N) is 1. The van der Waals surface area contributed by atoms with Crippen molar-refractivity contribution in [3.63, 3.8) is 0 Å². The first-order chi connectivity index (χ1) is 29.8. The highest BCUT2D eigenvalue weighted by Gasteiger charge is 2.44. The lowest BCUT2D eigenvalue weighted by molar-refractivity contribution is -0.143. The summed E-state index contributed by atoms with van der Waals surface area (Å²) in [5.41, 5.74) is 5.97. The molecule has 3 aliphatic rings. The van der Waals surface area contributed by atoms with Crippen LogP contribution in [-0.4, -0.2) is 154 Å². The van der Waals surface area contributed by atoms with Gasteiger partial charge in [0.2, 0.25) is 53.2 Å². The van der Waals surface area contributed by atoms with Gasteiger partial charge in [0, 0.05) is 36.8 Å². The monoisotopic (exact) mass is 900 g/mol. The summed E-state index contributed by atoms with van der Waals surface area (Å²) in [6.45, 7) is 2.77. The SMILES string of the molecule is CCC(C)C1NC(=O)CNC(=O)C2Cc3c([nH]c4cc(OC)ccc34)S(=O)CC(NC(=O)CNC1=O)C(=O)NC(CC(N)=O)C(=O)N1CC(O)CC1C(=O)NC(C(C)C=O)C(=O)N2. The Hall–Kier alpha value is -6.43. The fourth-order valence-electron chi connectivity index (χ4n) is 7.51. The van der Waals surface area contributed by atoms with Gasteiger partial charge in [-0.15, -0.1) is 0 Å². The molecule has 3 aliphatic heterocycles. The number of aliphatic hydroxyl groups excluding tert-OH is 1.